The second kappa shape index (κ2) is 37.9. The van der Waals surface area contributed by atoms with Crippen LogP contribution in [0.4, 0.5) is 0 Å². The van der Waals surface area contributed by atoms with Crippen molar-refractivity contribution in [3.8, 4) is 0 Å². The summed E-state index contributed by atoms with van der Waals surface area (Å²) in [6.45, 7) is 8.71. The lowest BCUT2D eigenvalue weighted by Gasteiger charge is -2.46. The van der Waals surface area contributed by atoms with E-state index >= 15 is 0 Å². The van der Waals surface area contributed by atoms with Crippen LogP contribution in [0, 0.1) is 11.8 Å². The van der Waals surface area contributed by atoms with Gasteiger partial charge in [0, 0.05) is 12.0 Å². The quantitative estimate of drug-likeness (QED) is 0.0166. The Bertz CT molecular complexity index is 1500. The molecule has 2 rings (SSSR count). The molecule has 412 valence electrons. The number of aliphatic hydroxyl groups is 5. The van der Waals surface area contributed by atoms with E-state index in [0.717, 1.165) is 44.9 Å². The highest BCUT2D eigenvalue weighted by Crippen LogP contribution is 2.33. The fourth-order valence-electron chi connectivity index (χ4n) is 9.74. The number of aliphatic hydroxyl groups excluding tert-OH is 5. The van der Waals surface area contributed by atoms with Crippen molar-refractivity contribution in [3.05, 3.63) is 11.6 Å². The Morgan fingerprint density at radius 1 is 0.571 bits per heavy atom. The summed E-state index contributed by atoms with van der Waals surface area (Å²) in [5.41, 5.74) is 0.261. The fraction of sp³-hybridized carbons (Fsp3) is 0.926. The van der Waals surface area contributed by atoms with Crippen LogP contribution < -0.4 is 0 Å². The van der Waals surface area contributed by atoms with Crippen molar-refractivity contribution in [1.82, 2.24) is 0 Å². The molecule has 0 amide bonds. The normalized spacial score (nSPS) is 26.2. The summed E-state index contributed by atoms with van der Waals surface area (Å²) in [5.74, 6) is -1.06. The lowest BCUT2D eigenvalue weighted by Crippen LogP contribution is -2.65. The van der Waals surface area contributed by atoms with E-state index in [1.54, 1.807) is 6.92 Å². The number of hydrogen-bond acceptors (Lipinski definition) is 15. The van der Waals surface area contributed by atoms with Gasteiger partial charge in [0.05, 0.1) is 19.5 Å². The number of hydrogen-bond donors (Lipinski definition) is 5. The Hall–Kier alpha value is -1.73. The number of unbranched alkanes of at least 4 members (excludes halogenated alkanes) is 25. The third-order valence-electron chi connectivity index (χ3n) is 13.9. The van der Waals surface area contributed by atoms with Crippen molar-refractivity contribution in [2.75, 3.05) is 19.5 Å². The van der Waals surface area contributed by atoms with Crippen molar-refractivity contribution < 1.29 is 71.4 Å². The van der Waals surface area contributed by atoms with E-state index in [1.807, 2.05) is 13.0 Å². The molecule has 0 aliphatic carbocycles. The van der Waals surface area contributed by atoms with E-state index < -0.39 is 96.7 Å². The standard InChI is InChI=1S/C54H100O15S/c1-7-9-11-13-15-17-19-21-23-24-26-28-30-32-34-40(3)36-41(4)37-42(5)52(61)67-50-47(59)44(39-56)65-54(68-53-48(60)49(69-70(6,62)63)46(58)43(38-55)64-53)51(50)66-45(57)35-33-31-29-27-25-22-20-18-16-14-12-10-8-2/h37,40-41,43-44,46-51,53-56,58-60H,7-36,38-39H2,1-6H3/b42-37+/t40-,41-,43+,44+,46+,47+,48+,49-,50-,51+,53+,54+/m0/s1. The predicted molar refractivity (Wildman–Crippen MR) is 272 cm³/mol. The zero-order valence-electron chi connectivity index (χ0n) is 44.4. The van der Waals surface area contributed by atoms with E-state index in [2.05, 4.69) is 20.8 Å². The maximum absolute atomic E-state index is 13.8. The fourth-order valence-corrected chi connectivity index (χ4v) is 10.4. The van der Waals surface area contributed by atoms with Crippen LogP contribution in [0.25, 0.3) is 0 Å². The molecule has 16 heteroatoms. The SMILES string of the molecule is CCCCCCCCCCCCCCCC[C@H](C)C[C@H](C)/C=C(\C)C(=O)O[C@H]1[C@H](O)[C@@H](CO)O[C@H](O[C@H]2O[C@H](CO)[C@@H](O)[C@H](OS(C)(=O)=O)[C@H]2O)[C@@H]1OC(=O)CCCCCCCCCCCCCCC. The third-order valence-corrected chi connectivity index (χ3v) is 14.4. The summed E-state index contributed by atoms with van der Waals surface area (Å²) in [7, 11) is -4.25. The van der Waals surface area contributed by atoms with Crippen molar-refractivity contribution in [2.24, 2.45) is 11.8 Å². The zero-order valence-corrected chi connectivity index (χ0v) is 45.2. The molecule has 0 aromatic carbocycles. The third kappa shape index (κ3) is 27.0. The van der Waals surface area contributed by atoms with Crippen molar-refractivity contribution in [3.63, 3.8) is 0 Å². The molecule has 0 bridgehead atoms. The molecule has 2 heterocycles. The van der Waals surface area contributed by atoms with E-state index in [9.17, 15) is 43.5 Å². The first-order valence-corrected chi connectivity index (χ1v) is 29.6. The Morgan fingerprint density at radius 2 is 0.986 bits per heavy atom. The van der Waals surface area contributed by atoms with E-state index in [1.165, 1.54) is 135 Å². The van der Waals surface area contributed by atoms with Gasteiger partial charge >= 0.3 is 11.9 Å². The molecular weight excluding hydrogens is 921 g/mol. The molecule has 0 spiro atoms. The molecule has 2 saturated heterocycles. The summed E-state index contributed by atoms with van der Waals surface area (Å²) in [6, 6.07) is 0. The number of allylic oxidation sites excluding steroid dienone is 1. The largest absolute Gasteiger partial charge is 0.453 e. The first-order chi connectivity index (χ1) is 33.6. The van der Waals surface area contributed by atoms with Gasteiger partial charge in [-0.1, -0.05) is 207 Å². The lowest BCUT2D eigenvalue weighted by atomic mass is 9.91. The molecule has 15 nitrogen and oxygen atoms in total. The molecule has 0 aromatic heterocycles. The summed E-state index contributed by atoms with van der Waals surface area (Å²) >= 11 is 0. The summed E-state index contributed by atoms with van der Waals surface area (Å²) in [4.78, 5) is 27.3. The summed E-state index contributed by atoms with van der Waals surface area (Å²) in [6.07, 6.45) is 20.1. The Balaban J connectivity index is 2.06. The van der Waals surface area contributed by atoms with Gasteiger partial charge in [-0.2, -0.15) is 8.42 Å². The first-order valence-electron chi connectivity index (χ1n) is 27.8. The van der Waals surface area contributed by atoms with E-state index in [0.29, 0.717) is 18.6 Å². The second-order valence-corrected chi connectivity index (χ2v) is 22.3. The molecular formula is C54H100O15S. The van der Waals surface area contributed by atoms with Crippen LogP contribution in [0.3, 0.4) is 0 Å². The number of carbonyl (C=O) groups is 2. The molecule has 0 unspecified atom stereocenters. The highest BCUT2D eigenvalue weighted by Gasteiger charge is 2.54. The minimum atomic E-state index is -4.25. The van der Waals surface area contributed by atoms with Crippen LogP contribution >= 0.6 is 0 Å². The molecule has 70 heavy (non-hydrogen) atoms. The second-order valence-electron chi connectivity index (χ2n) is 20.7. The molecule has 0 radical (unpaired) electrons. The highest BCUT2D eigenvalue weighted by molar-refractivity contribution is 7.86. The summed E-state index contributed by atoms with van der Waals surface area (Å²) < 4.78 is 58.3. The van der Waals surface area contributed by atoms with Gasteiger partial charge in [0.1, 0.15) is 36.6 Å². The molecule has 0 saturated carbocycles. The Labute approximate surface area is 423 Å². The van der Waals surface area contributed by atoms with Crippen LogP contribution in [0.5, 0.6) is 0 Å². The van der Waals surface area contributed by atoms with Crippen molar-refractivity contribution in [1.29, 1.82) is 0 Å². The maximum Gasteiger partial charge on any atom is 0.333 e. The van der Waals surface area contributed by atoms with Gasteiger partial charge in [-0.25, -0.2) is 4.79 Å². The van der Waals surface area contributed by atoms with Crippen LogP contribution in [-0.4, -0.2) is 127 Å². The number of carbonyl (C=O) groups excluding carboxylic acids is 2. The van der Waals surface area contributed by atoms with Crippen LogP contribution in [-0.2, 0) is 47.6 Å². The molecule has 2 aliphatic rings. The predicted octanol–water partition coefficient (Wildman–Crippen LogP) is 9.65. The Kier molecular flexibility index (Phi) is 34.9. The van der Waals surface area contributed by atoms with Crippen molar-refractivity contribution in [2.45, 2.75) is 289 Å². The number of esters is 2. The van der Waals surface area contributed by atoms with E-state index in [4.69, 9.17) is 27.9 Å². The van der Waals surface area contributed by atoms with Gasteiger partial charge in [-0.15, -0.1) is 0 Å². The van der Waals surface area contributed by atoms with Gasteiger partial charge in [0.2, 0.25) is 6.29 Å². The van der Waals surface area contributed by atoms with Gasteiger partial charge in [-0.05, 0) is 31.6 Å². The molecule has 0 aromatic rings. The molecule has 2 fully saturated rings. The molecule has 12 atom stereocenters. The number of ether oxygens (including phenoxy) is 5. The lowest BCUT2D eigenvalue weighted by molar-refractivity contribution is -0.375. The van der Waals surface area contributed by atoms with Crippen LogP contribution in [0.2, 0.25) is 0 Å². The van der Waals surface area contributed by atoms with Gasteiger partial charge in [0.25, 0.3) is 10.1 Å². The smallest absolute Gasteiger partial charge is 0.333 e. The molecule has 5 N–H and O–H groups in total. The zero-order chi connectivity index (χ0) is 51.7. The average Bonchev–Trinajstić information content (AvgIpc) is 3.31. The number of rotatable bonds is 41. The topological polar surface area (TPSA) is 225 Å². The van der Waals surface area contributed by atoms with Gasteiger partial charge < -0.3 is 49.2 Å². The van der Waals surface area contributed by atoms with Crippen molar-refractivity contribution >= 4 is 22.1 Å². The van der Waals surface area contributed by atoms with Crippen LogP contribution in [0.1, 0.15) is 227 Å². The maximum atomic E-state index is 13.8. The minimum absolute atomic E-state index is 0.0131. The monoisotopic (exact) mass is 1020 g/mol. The van der Waals surface area contributed by atoms with Crippen LogP contribution in [0.15, 0.2) is 11.6 Å². The van der Waals surface area contributed by atoms with Gasteiger partial charge in [0.15, 0.2) is 18.5 Å². The summed E-state index contributed by atoms with van der Waals surface area (Å²) in [5, 5.41) is 53.6. The average molecular weight is 1020 g/mol. The molecule has 2 aliphatic heterocycles. The van der Waals surface area contributed by atoms with Gasteiger partial charge in [-0.3, -0.25) is 8.98 Å². The Morgan fingerprint density at radius 3 is 1.43 bits per heavy atom. The minimum Gasteiger partial charge on any atom is -0.453 e. The first kappa shape index (κ1) is 64.4. The highest BCUT2D eigenvalue weighted by atomic mass is 32.2. The van der Waals surface area contributed by atoms with E-state index in [-0.39, 0.29) is 17.9 Å².